The normalized spacial score (nSPS) is 18.2. The molecule has 1 fully saturated rings. The SMILES string of the molecule is CCC(=O)NCCN1C(=O)CC(SC[C@@H](NC(=O)[C@H](CCC(=O)NC[C@H](O)[C@@H](O)[C@H](O)[C@H](O)CO)NC(=O)[C@@H](CCC(=O)O)NC(=O)[C@H](CCC(=O)NC[C@H](O)[C@@H](O)[C@H](O)[C@H](O)CO)NC(=O)[C@@H](CCC(=O)O)NC(=O)[C@H](CCC(=O)NC[C@H](O)[C@@H](O)[C@H](O)[C@H](O)CO)NC(=O)CC[C@H](N)C(=O)O)C(=O)O)C1=O. The van der Waals surface area contributed by atoms with E-state index in [9.17, 15) is 164 Å². The molecule has 0 saturated carbocycles. The van der Waals surface area contributed by atoms with E-state index in [4.69, 9.17) is 15.9 Å². The van der Waals surface area contributed by atoms with Crippen LogP contribution in [0, 0.1) is 0 Å². The maximum Gasteiger partial charge on any atom is 0.327 e. The van der Waals surface area contributed by atoms with Gasteiger partial charge in [-0.1, -0.05) is 6.92 Å². The fourth-order valence-electron chi connectivity index (χ4n) is 9.55. The Morgan fingerprint density at radius 3 is 1.02 bits per heavy atom. The first-order chi connectivity index (χ1) is 50.5. The molecular weight excluding hydrogens is 1480 g/mol. The molecule has 0 spiro atoms. The number of likely N-dealkylation sites (tertiary alicyclic amines) is 1. The van der Waals surface area contributed by atoms with Crippen molar-refractivity contribution in [3.63, 3.8) is 0 Å². The summed E-state index contributed by atoms with van der Waals surface area (Å²) in [5.74, 6) is -21.4. The van der Waals surface area contributed by atoms with Crippen LogP contribution in [0.1, 0.15) is 96.8 Å². The van der Waals surface area contributed by atoms with Gasteiger partial charge in [0.25, 0.3) is 0 Å². The van der Waals surface area contributed by atoms with E-state index < -0.39 is 344 Å². The number of imide groups is 1. The van der Waals surface area contributed by atoms with Crippen LogP contribution in [-0.4, -0.2) is 376 Å². The lowest BCUT2D eigenvalue weighted by Gasteiger charge is -2.28. The molecule has 1 rings (SSSR count). The second-order valence-corrected chi connectivity index (χ2v) is 25.9. The molecule has 12 amide bonds. The number of carboxylic acids is 4. The van der Waals surface area contributed by atoms with Crippen LogP contribution >= 0.6 is 11.8 Å². The van der Waals surface area contributed by atoms with E-state index in [-0.39, 0.29) is 19.5 Å². The Kier molecular flexibility index (Phi) is 45.3. The number of aliphatic carboxylic acids is 4. The average Bonchev–Trinajstić information content (AvgIpc) is 1.66. The molecule has 1 aliphatic heterocycles. The first-order valence-corrected chi connectivity index (χ1v) is 34.6. The van der Waals surface area contributed by atoms with Gasteiger partial charge in [-0.2, -0.15) is 0 Å². The molecule has 0 aliphatic carbocycles. The number of amides is 12. The number of carbonyl (C=O) groups excluding carboxylic acids is 12. The third kappa shape index (κ3) is 35.6. The summed E-state index contributed by atoms with van der Waals surface area (Å²) in [7, 11) is 0. The number of carboxylic acid groups (broad SMARTS) is 4. The number of nitrogens with zero attached hydrogens (tertiary/aromatic N) is 1. The van der Waals surface area contributed by atoms with E-state index in [2.05, 4.69) is 53.2 Å². The summed E-state index contributed by atoms with van der Waals surface area (Å²) in [6.45, 7) is -4.83. The molecule has 1 heterocycles. The number of nitrogens with two attached hydrogens (primary N) is 1. The zero-order valence-corrected chi connectivity index (χ0v) is 59.1. The summed E-state index contributed by atoms with van der Waals surface area (Å²) in [5, 5.41) is 208. The number of carbonyl (C=O) groups is 16. The van der Waals surface area contributed by atoms with Gasteiger partial charge in [-0.05, 0) is 38.5 Å². The fourth-order valence-corrected chi connectivity index (χ4v) is 10.7. The van der Waals surface area contributed by atoms with E-state index in [1.54, 1.807) is 6.92 Å². The molecule has 0 bridgehead atoms. The number of thioether (sulfide) groups is 1. The van der Waals surface area contributed by atoms with Crippen molar-refractivity contribution in [2.75, 3.05) is 58.3 Å². The number of rotatable bonds is 56. The Balaban J connectivity index is 3.99. The van der Waals surface area contributed by atoms with Crippen LogP contribution in [-0.2, 0) is 76.7 Å². The lowest BCUT2D eigenvalue weighted by molar-refractivity contribution is -0.142. The van der Waals surface area contributed by atoms with Crippen molar-refractivity contribution in [3.8, 4) is 0 Å². The Hall–Kier alpha value is -8.57. The Bertz CT molecular complexity index is 3020. The summed E-state index contributed by atoms with van der Waals surface area (Å²) in [5.41, 5.74) is 5.51. The zero-order chi connectivity index (χ0) is 82.4. The first-order valence-electron chi connectivity index (χ1n) is 33.5. The van der Waals surface area contributed by atoms with Crippen molar-refractivity contribution in [2.45, 2.75) is 218 Å². The highest BCUT2D eigenvalue weighted by Gasteiger charge is 2.41. The van der Waals surface area contributed by atoms with Gasteiger partial charge in [0.05, 0.1) is 43.4 Å². The van der Waals surface area contributed by atoms with E-state index >= 15 is 0 Å². The van der Waals surface area contributed by atoms with Crippen molar-refractivity contribution >= 4 is 107 Å². The van der Waals surface area contributed by atoms with Crippen LogP contribution < -0.4 is 58.9 Å². The quantitative estimate of drug-likeness (QED) is 0.0251. The maximum atomic E-state index is 14.6. The smallest absolute Gasteiger partial charge is 0.327 e. The monoisotopic (exact) mass is 1580 g/mol. The second kappa shape index (κ2) is 50.2. The van der Waals surface area contributed by atoms with Crippen LogP contribution in [0.4, 0.5) is 0 Å². The highest BCUT2D eigenvalue weighted by Crippen LogP contribution is 2.26. The predicted octanol–water partition coefficient (Wildman–Crippen LogP) is -15.7. The van der Waals surface area contributed by atoms with Crippen LogP contribution in [0.2, 0.25) is 0 Å². The van der Waals surface area contributed by atoms with Crippen molar-refractivity contribution in [1.29, 1.82) is 0 Å². The summed E-state index contributed by atoms with van der Waals surface area (Å²) < 4.78 is 0. The van der Waals surface area contributed by atoms with Gasteiger partial charge < -0.3 is 156 Å². The van der Waals surface area contributed by atoms with Crippen LogP contribution in [0.3, 0.4) is 0 Å². The molecule has 616 valence electrons. The molecule has 47 nitrogen and oxygen atoms in total. The summed E-state index contributed by atoms with van der Waals surface area (Å²) in [6.07, 6.45) is -36.2. The molecule has 0 radical (unpaired) electrons. The average molecular weight is 1580 g/mol. The van der Waals surface area contributed by atoms with E-state index in [1.807, 2.05) is 0 Å². The van der Waals surface area contributed by atoms with E-state index in [0.717, 1.165) is 4.90 Å². The third-order valence-corrected chi connectivity index (χ3v) is 17.5. The number of aliphatic hydroxyl groups excluding tert-OH is 15. The minimum atomic E-state index is -2.25. The Morgan fingerprint density at radius 1 is 0.407 bits per heavy atom. The van der Waals surface area contributed by atoms with Crippen molar-refractivity contribution in [2.24, 2.45) is 5.73 Å². The molecule has 1 saturated heterocycles. The van der Waals surface area contributed by atoms with Gasteiger partial charge in [0.15, 0.2) is 0 Å². The highest BCUT2D eigenvalue weighted by atomic mass is 32.2. The summed E-state index contributed by atoms with van der Waals surface area (Å²) in [4.78, 5) is 212. The van der Waals surface area contributed by atoms with Gasteiger partial charge in [0.1, 0.15) is 97.2 Å². The Morgan fingerprint density at radius 2 is 0.713 bits per heavy atom. The largest absolute Gasteiger partial charge is 0.481 e. The topological polar surface area (TPSA) is 807 Å². The third-order valence-electron chi connectivity index (χ3n) is 16.2. The minimum absolute atomic E-state index is 0.0780. The summed E-state index contributed by atoms with van der Waals surface area (Å²) >= 11 is 0.581. The fraction of sp³-hybridized carbons (Fsp3) is 0.733. The van der Waals surface area contributed by atoms with Crippen molar-refractivity contribution < 1.29 is 174 Å². The minimum Gasteiger partial charge on any atom is -0.481 e. The lowest BCUT2D eigenvalue weighted by Crippen LogP contribution is -2.60. The molecule has 20 atom stereocenters. The van der Waals surface area contributed by atoms with Gasteiger partial charge in [-0.25, -0.2) is 4.79 Å². The van der Waals surface area contributed by atoms with E-state index in [1.165, 1.54) is 0 Å². The number of hydrogen-bond acceptors (Lipinski definition) is 33. The van der Waals surface area contributed by atoms with Gasteiger partial charge in [-0.3, -0.25) is 76.8 Å². The van der Waals surface area contributed by atoms with Crippen molar-refractivity contribution in [1.82, 2.24) is 58.1 Å². The van der Waals surface area contributed by atoms with Crippen LogP contribution in [0.15, 0.2) is 0 Å². The van der Waals surface area contributed by atoms with Gasteiger partial charge in [0.2, 0.25) is 70.9 Å². The van der Waals surface area contributed by atoms with Crippen molar-refractivity contribution in [3.05, 3.63) is 0 Å². The van der Waals surface area contributed by atoms with Crippen LogP contribution in [0.5, 0.6) is 0 Å². The molecule has 0 aromatic rings. The Labute approximate surface area is 618 Å². The molecular formula is C60H100N12O35S. The molecule has 48 heteroatoms. The zero-order valence-electron chi connectivity index (χ0n) is 58.3. The standard InChI is InChI=1S/C60H100N12O35S/c1-2-39(82)62-15-16-72-44(87)17-38(58(72)103)108-24-31(60(106)107)71-57(102)28(6-12-42(85)65-20-34(78)49(94)52(97)37(81)23-75)68-56(101)30(8-14-46(90)91)70-54(99)27(5-11-41(84)64-19-33(77)48(93)51(96)36(80)22-74)67-55(100)29(7-13-45(88)89)69-53(98)26(66-43(86)9-3-25(61)59(104)105)4-10-40(83)63-18-32(76)47(92)50(95)35(79)21-73/h25-38,47-52,73-81,92-97H,2-24,61H2,1H3,(H,62,82)(H,63,83)(H,64,84)(H,65,85)(H,66,86)(H,67,100)(H,68,101)(H,69,98)(H,70,99)(H,71,102)(H,88,89)(H,90,91)(H,104,105)(H,106,107)/t25-,26-,27-,28-,29+,30+,31+,32-,33-,34-,35+,36+,37+,38?,47+,48+,49+,50+,51+,52+/m0/s1. The molecule has 1 aliphatic rings. The summed E-state index contributed by atoms with van der Waals surface area (Å²) in [6, 6.07) is -14.4. The molecule has 1 unspecified atom stereocenters. The molecule has 108 heavy (non-hydrogen) atoms. The highest BCUT2D eigenvalue weighted by molar-refractivity contribution is 8.00. The predicted molar refractivity (Wildman–Crippen MR) is 359 cm³/mol. The first kappa shape index (κ1) is 97.4. The number of aliphatic hydroxyl groups is 15. The molecule has 0 aromatic carbocycles. The van der Waals surface area contributed by atoms with Gasteiger partial charge in [-0.15, -0.1) is 11.8 Å². The number of nitrogens with one attached hydrogen (secondary N) is 10. The van der Waals surface area contributed by atoms with Gasteiger partial charge in [0, 0.05) is 89.8 Å². The van der Waals surface area contributed by atoms with E-state index in [0.29, 0.717) is 11.8 Å². The maximum absolute atomic E-state index is 14.6. The lowest BCUT2D eigenvalue weighted by atomic mass is 10.0. The molecule has 31 N–H and O–H groups in total. The molecule has 0 aromatic heterocycles. The van der Waals surface area contributed by atoms with Gasteiger partial charge >= 0.3 is 23.9 Å². The number of hydrogen-bond donors (Lipinski definition) is 30. The second-order valence-electron chi connectivity index (χ2n) is 24.6. The van der Waals surface area contributed by atoms with Crippen LogP contribution in [0.25, 0.3) is 0 Å².